The maximum atomic E-state index is 12.6. The largest absolute Gasteiger partial charge is 0.339 e. The molecule has 3 aliphatic rings. The van der Waals surface area contributed by atoms with Crippen molar-refractivity contribution < 1.29 is 9.59 Å². The van der Waals surface area contributed by atoms with Crippen LogP contribution in [0.4, 0.5) is 0 Å². The van der Waals surface area contributed by atoms with Crippen LogP contribution in [0.3, 0.4) is 0 Å². The normalized spacial score (nSPS) is 30.3. The third kappa shape index (κ3) is 3.39. The van der Waals surface area contributed by atoms with Gasteiger partial charge in [0.15, 0.2) is 0 Å². The van der Waals surface area contributed by atoms with Gasteiger partial charge in [0.05, 0.1) is 0 Å². The monoisotopic (exact) mass is 293 g/mol. The van der Waals surface area contributed by atoms with Crippen molar-refractivity contribution in [1.29, 1.82) is 0 Å². The number of hydrogen-bond donors (Lipinski definition) is 1. The summed E-state index contributed by atoms with van der Waals surface area (Å²) in [5.74, 6) is 1.72. The van der Waals surface area contributed by atoms with Crippen molar-refractivity contribution in [2.75, 3.05) is 32.7 Å². The van der Waals surface area contributed by atoms with Gasteiger partial charge >= 0.3 is 0 Å². The molecule has 3 fully saturated rings. The molecule has 2 N–H and O–H groups in total. The Hall–Kier alpha value is -1.10. The standard InChI is InChI=1S/C16H27N3O2/c17-11-12-1-3-13(4-2-12)15(20)18-7-9-19(10-8-18)16(21)14-5-6-14/h12-14H,1-11,17H2/t12-,13-. The first-order valence-electron chi connectivity index (χ1n) is 8.46. The second kappa shape index (κ2) is 6.34. The van der Waals surface area contributed by atoms with Gasteiger partial charge in [-0.2, -0.15) is 0 Å². The van der Waals surface area contributed by atoms with Crippen LogP contribution in [0.2, 0.25) is 0 Å². The summed E-state index contributed by atoms with van der Waals surface area (Å²) in [6.07, 6.45) is 6.27. The first-order valence-corrected chi connectivity index (χ1v) is 8.46. The Bertz CT molecular complexity index is 392. The van der Waals surface area contributed by atoms with Gasteiger partial charge < -0.3 is 15.5 Å². The van der Waals surface area contributed by atoms with Crippen molar-refractivity contribution in [3.05, 3.63) is 0 Å². The minimum Gasteiger partial charge on any atom is -0.339 e. The van der Waals surface area contributed by atoms with Gasteiger partial charge in [0.2, 0.25) is 11.8 Å². The molecule has 3 rings (SSSR count). The number of hydrogen-bond acceptors (Lipinski definition) is 3. The van der Waals surface area contributed by atoms with E-state index in [4.69, 9.17) is 5.73 Å². The second-order valence-electron chi connectivity index (χ2n) is 6.88. The molecule has 0 radical (unpaired) electrons. The Balaban J connectivity index is 1.45. The van der Waals surface area contributed by atoms with E-state index in [1.807, 2.05) is 9.80 Å². The van der Waals surface area contributed by atoms with Crippen LogP contribution in [0.25, 0.3) is 0 Å². The molecule has 0 aromatic rings. The van der Waals surface area contributed by atoms with Crippen LogP contribution in [0.1, 0.15) is 38.5 Å². The predicted octanol–water partition coefficient (Wildman–Crippen LogP) is 0.832. The number of nitrogens with two attached hydrogens (primary N) is 1. The van der Waals surface area contributed by atoms with Gasteiger partial charge in [0.25, 0.3) is 0 Å². The molecule has 21 heavy (non-hydrogen) atoms. The minimum atomic E-state index is 0.193. The van der Waals surface area contributed by atoms with Crippen LogP contribution >= 0.6 is 0 Å². The summed E-state index contributed by atoms with van der Waals surface area (Å²) in [5, 5.41) is 0. The zero-order valence-electron chi connectivity index (χ0n) is 12.8. The summed E-state index contributed by atoms with van der Waals surface area (Å²) in [5.41, 5.74) is 5.71. The maximum absolute atomic E-state index is 12.6. The highest BCUT2D eigenvalue weighted by molar-refractivity contribution is 5.82. The van der Waals surface area contributed by atoms with Gasteiger partial charge in [-0.05, 0) is 51.0 Å². The molecule has 0 atom stereocenters. The smallest absolute Gasteiger partial charge is 0.225 e. The van der Waals surface area contributed by atoms with Gasteiger partial charge in [-0.3, -0.25) is 9.59 Å². The van der Waals surface area contributed by atoms with Crippen molar-refractivity contribution in [1.82, 2.24) is 9.80 Å². The summed E-state index contributed by atoms with van der Waals surface area (Å²) >= 11 is 0. The predicted molar refractivity (Wildman–Crippen MR) is 80.4 cm³/mol. The molecule has 1 heterocycles. The Kier molecular flexibility index (Phi) is 4.48. The number of nitrogens with zero attached hydrogens (tertiary/aromatic N) is 2. The molecule has 0 aromatic heterocycles. The number of carbonyl (C=O) groups excluding carboxylic acids is 2. The summed E-state index contributed by atoms with van der Waals surface area (Å²) in [6, 6.07) is 0. The van der Waals surface area contributed by atoms with Gasteiger partial charge in [-0.1, -0.05) is 0 Å². The Morgan fingerprint density at radius 1 is 0.762 bits per heavy atom. The minimum absolute atomic E-state index is 0.193. The molecule has 1 saturated heterocycles. The van der Waals surface area contributed by atoms with Crippen molar-refractivity contribution in [3.8, 4) is 0 Å². The molecule has 1 aliphatic heterocycles. The first-order chi connectivity index (χ1) is 10.2. The quantitative estimate of drug-likeness (QED) is 0.838. The van der Waals surface area contributed by atoms with E-state index in [1.54, 1.807) is 0 Å². The summed E-state index contributed by atoms with van der Waals surface area (Å²) in [4.78, 5) is 28.5. The highest BCUT2D eigenvalue weighted by Crippen LogP contribution is 2.32. The van der Waals surface area contributed by atoms with E-state index < -0.39 is 0 Å². The molecular formula is C16H27N3O2. The van der Waals surface area contributed by atoms with Crippen LogP contribution in [0, 0.1) is 17.8 Å². The Labute approximate surface area is 126 Å². The van der Waals surface area contributed by atoms with Crippen LogP contribution < -0.4 is 5.73 Å². The highest BCUT2D eigenvalue weighted by atomic mass is 16.2. The van der Waals surface area contributed by atoms with E-state index >= 15 is 0 Å². The summed E-state index contributed by atoms with van der Waals surface area (Å²) in [6.45, 7) is 3.63. The molecule has 0 bridgehead atoms. The van der Waals surface area contributed by atoms with Gasteiger partial charge in [0, 0.05) is 38.0 Å². The Morgan fingerprint density at radius 2 is 1.14 bits per heavy atom. The van der Waals surface area contributed by atoms with Gasteiger partial charge in [0.1, 0.15) is 0 Å². The lowest BCUT2D eigenvalue weighted by molar-refractivity contribution is -0.143. The Morgan fingerprint density at radius 3 is 1.48 bits per heavy atom. The van der Waals surface area contributed by atoms with E-state index in [0.717, 1.165) is 58.2 Å². The SMILES string of the molecule is NC[C@H]1CC[C@H](C(=O)N2CCN(C(=O)C3CC3)CC2)CC1. The molecule has 2 aliphatic carbocycles. The number of rotatable bonds is 3. The van der Waals surface area contributed by atoms with Crippen LogP contribution in [-0.4, -0.2) is 54.3 Å². The number of carbonyl (C=O) groups is 2. The zero-order chi connectivity index (χ0) is 14.8. The summed E-state index contributed by atoms with van der Waals surface area (Å²) in [7, 11) is 0. The molecule has 5 heteroatoms. The van der Waals surface area contributed by atoms with E-state index in [1.165, 1.54) is 0 Å². The molecule has 5 nitrogen and oxygen atoms in total. The molecule has 0 unspecified atom stereocenters. The molecule has 2 amide bonds. The van der Waals surface area contributed by atoms with E-state index in [9.17, 15) is 9.59 Å². The fraction of sp³-hybridized carbons (Fsp3) is 0.875. The average molecular weight is 293 g/mol. The fourth-order valence-electron chi connectivity index (χ4n) is 3.64. The van der Waals surface area contributed by atoms with Gasteiger partial charge in [-0.25, -0.2) is 0 Å². The van der Waals surface area contributed by atoms with Crippen molar-refractivity contribution in [3.63, 3.8) is 0 Å². The molecule has 0 spiro atoms. The van der Waals surface area contributed by atoms with Gasteiger partial charge in [-0.15, -0.1) is 0 Å². The topological polar surface area (TPSA) is 66.6 Å². The van der Waals surface area contributed by atoms with Crippen LogP contribution in [0.15, 0.2) is 0 Å². The van der Waals surface area contributed by atoms with Crippen molar-refractivity contribution in [2.45, 2.75) is 38.5 Å². The molecule has 2 saturated carbocycles. The third-order valence-electron chi connectivity index (χ3n) is 5.36. The van der Waals surface area contributed by atoms with Crippen LogP contribution in [-0.2, 0) is 9.59 Å². The third-order valence-corrected chi connectivity index (χ3v) is 5.36. The number of piperazine rings is 1. The van der Waals surface area contributed by atoms with E-state index in [2.05, 4.69) is 0 Å². The number of amides is 2. The van der Waals surface area contributed by atoms with E-state index in [0.29, 0.717) is 36.7 Å². The molecule has 0 aromatic carbocycles. The highest BCUT2D eigenvalue weighted by Gasteiger charge is 2.36. The first kappa shape index (κ1) is 14.8. The lowest BCUT2D eigenvalue weighted by atomic mass is 9.81. The van der Waals surface area contributed by atoms with E-state index in [-0.39, 0.29) is 5.92 Å². The zero-order valence-corrected chi connectivity index (χ0v) is 12.8. The van der Waals surface area contributed by atoms with Crippen LogP contribution in [0.5, 0.6) is 0 Å². The molecule has 118 valence electrons. The van der Waals surface area contributed by atoms with Crippen molar-refractivity contribution in [2.24, 2.45) is 23.5 Å². The van der Waals surface area contributed by atoms with Crippen molar-refractivity contribution >= 4 is 11.8 Å². The summed E-state index contributed by atoms with van der Waals surface area (Å²) < 4.78 is 0. The lowest BCUT2D eigenvalue weighted by Crippen LogP contribution is -2.52. The molecular weight excluding hydrogens is 266 g/mol. The average Bonchev–Trinajstić information content (AvgIpc) is 3.39. The maximum Gasteiger partial charge on any atom is 0.225 e. The lowest BCUT2D eigenvalue weighted by Gasteiger charge is -2.38. The second-order valence-corrected chi connectivity index (χ2v) is 6.88. The fourth-order valence-corrected chi connectivity index (χ4v) is 3.64.